The Bertz CT molecular complexity index is 2000. The Hall–Kier alpha value is -6.20. The van der Waals surface area contributed by atoms with Crippen LogP contribution in [0.3, 0.4) is 0 Å². The lowest BCUT2D eigenvalue weighted by molar-refractivity contribution is -0.116. The number of phenols is 1. The van der Waals surface area contributed by atoms with Gasteiger partial charge in [0.1, 0.15) is 33.9 Å². The third kappa shape index (κ3) is 9.03. The molecule has 0 aliphatic carbocycles. The lowest BCUT2D eigenvalue weighted by atomic mass is 10.1. The highest BCUT2D eigenvalue weighted by molar-refractivity contribution is 8.00. The second-order valence-electron chi connectivity index (χ2n) is 10.8. The van der Waals surface area contributed by atoms with Crippen molar-refractivity contribution >= 4 is 46.9 Å². The van der Waals surface area contributed by atoms with Crippen molar-refractivity contribution in [3.8, 4) is 23.0 Å². The molecule has 0 heterocycles. The molecule has 0 aliphatic rings. The number of hydrogen-bond donors (Lipinski definition) is 4. The minimum Gasteiger partial charge on any atom is -0.508 e. The molecule has 0 aromatic heterocycles. The maximum absolute atomic E-state index is 13.8. The van der Waals surface area contributed by atoms with Crippen LogP contribution in [0.2, 0.25) is 0 Å². The van der Waals surface area contributed by atoms with E-state index in [0.29, 0.717) is 44.6 Å². The average Bonchev–Trinajstić information content (AvgIpc) is 3.15. The predicted molar refractivity (Wildman–Crippen MR) is 195 cm³/mol. The lowest BCUT2D eigenvalue weighted by Gasteiger charge is -2.19. The summed E-state index contributed by atoms with van der Waals surface area (Å²) in [5.41, 5.74) is 2.45. The summed E-state index contributed by atoms with van der Waals surface area (Å²) >= 11 is 1.30. The second kappa shape index (κ2) is 16.8. The minimum absolute atomic E-state index is 0.0155. The van der Waals surface area contributed by atoms with Gasteiger partial charge in [-0.15, -0.1) is 11.8 Å². The lowest BCUT2D eigenvalue weighted by Crippen LogP contribution is -2.30. The molecule has 0 aliphatic heterocycles. The summed E-state index contributed by atoms with van der Waals surface area (Å²) in [7, 11) is 4.51. The van der Waals surface area contributed by atoms with Crippen LogP contribution in [0.25, 0.3) is 6.08 Å². The standard InChI is InChI=1S/C39H35N3O7S/c1-47-30-19-20-32(35(24-30)49-3)41-39(46)36(25-11-6-4-7-12-25)50-31-16-10-15-28(22-31)40-38(45)33(42-37(44)26-13-8-5-9-14-26)21-27-17-18-29(43)23-34(27)48-2/h4-24,36,43H,1-3H3,(H,40,45)(H,41,46)(H,42,44)/b33-21+. The molecule has 0 fully saturated rings. The number of amides is 3. The van der Waals surface area contributed by atoms with E-state index in [0.717, 1.165) is 5.56 Å². The summed E-state index contributed by atoms with van der Waals surface area (Å²) < 4.78 is 16.1. The molecule has 4 N–H and O–H groups in total. The van der Waals surface area contributed by atoms with Gasteiger partial charge in [0.25, 0.3) is 11.8 Å². The Morgan fingerprint density at radius 1 is 0.720 bits per heavy atom. The third-order valence-electron chi connectivity index (χ3n) is 7.40. The molecule has 5 aromatic rings. The minimum atomic E-state index is -0.670. The number of carbonyl (C=O) groups excluding carboxylic acids is 3. The Balaban J connectivity index is 1.41. The molecule has 0 radical (unpaired) electrons. The molecule has 11 heteroatoms. The van der Waals surface area contributed by atoms with Gasteiger partial charge in [0.05, 0.1) is 27.0 Å². The molecule has 1 atom stereocenters. The highest BCUT2D eigenvalue weighted by Crippen LogP contribution is 2.38. The zero-order valence-corrected chi connectivity index (χ0v) is 28.3. The van der Waals surface area contributed by atoms with E-state index in [-0.39, 0.29) is 17.4 Å². The molecule has 5 rings (SSSR count). The summed E-state index contributed by atoms with van der Waals surface area (Å²) in [5.74, 6) is -0.0381. The van der Waals surface area contributed by atoms with Gasteiger partial charge in [0.2, 0.25) is 5.91 Å². The Kier molecular flexibility index (Phi) is 11.8. The number of thioether (sulfide) groups is 1. The van der Waals surface area contributed by atoms with Crippen molar-refractivity contribution < 1.29 is 33.7 Å². The highest BCUT2D eigenvalue weighted by Gasteiger charge is 2.24. The molecule has 0 spiro atoms. The number of carbonyl (C=O) groups is 3. The number of methoxy groups -OCH3 is 3. The molecular formula is C39H35N3O7S. The summed E-state index contributed by atoms with van der Waals surface area (Å²) in [6.07, 6.45) is 1.47. The van der Waals surface area contributed by atoms with Crippen LogP contribution < -0.4 is 30.2 Å². The fourth-order valence-electron chi connectivity index (χ4n) is 4.90. The van der Waals surface area contributed by atoms with Crippen LogP contribution in [0.1, 0.15) is 26.7 Å². The van der Waals surface area contributed by atoms with Crippen molar-refractivity contribution in [1.82, 2.24) is 5.32 Å². The summed E-state index contributed by atoms with van der Waals surface area (Å²) in [5, 5.41) is 17.8. The molecule has 5 aromatic carbocycles. The van der Waals surface area contributed by atoms with E-state index in [9.17, 15) is 19.5 Å². The third-order valence-corrected chi connectivity index (χ3v) is 8.65. The van der Waals surface area contributed by atoms with Gasteiger partial charge in [-0.25, -0.2) is 0 Å². The summed E-state index contributed by atoms with van der Waals surface area (Å²) in [6.45, 7) is 0. The average molecular weight is 690 g/mol. The monoisotopic (exact) mass is 689 g/mol. The van der Waals surface area contributed by atoms with E-state index in [2.05, 4.69) is 16.0 Å². The normalized spacial score (nSPS) is 11.5. The molecule has 0 bridgehead atoms. The van der Waals surface area contributed by atoms with Crippen molar-refractivity contribution in [2.75, 3.05) is 32.0 Å². The summed E-state index contributed by atoms with van der Waals surface area (Å²) in [4.78, 5) is 41.4. The Morgan fingerprint density at radius 2 is 1.44 bits per heavy atom. The van der Waals surface area contributed by atoms with Crippen LogP contribution in [-0.4, -0.2) is 44.2 Å². The smallest absolute Gasteiger partial charge is 0.272 e. The quantitative estimate of drug-likeness (QED) is 0.0748. The maximum Gasteiger partial charge on any atom is 0.272 e. The Labute approximate surface area is 294 Å². The van der Waals surface area contributed by atoms with E-state index in [1.54, 1.807) is 79.9 Å². The van der Waals surface area contributed by atoms with Crippen LogP contribution in [-0.2, 0) is 9.59 Å². The van der Waals surface area contributed by atoms with Crippen molar-refractivity contribution in [3.05, 3.63) is 144 Å². The van der Waals surface area contributed by atoms with Crippen LogP contribution >= 0.6 is 11.8 Å². The molecule has 3 amide bonds. The number of rotatable bonds is 13. The van der Waals surface area contributed by atoms with Crippen LogP contribution in [0.4, 0.5) is 11.4 Å². The van der Waals surface area contributed by atoms with Gasteiger partial charge in [0, 0.05) is 33.8 Å². The second-order valence-corrected chi connectivity index (χ2v) is 11.9. The van der Waals surface area contributed by atoms with Gasteiger partial charge in [-0.3, -0.25) is 14.4 Å². The number of ether oxygens (including phenoxy) is 3. The van der Waals surface area contributed by atoms with E-state index in [1.165, 1.54) is 44.2 Å². The van der Waals surface area contributed by atoms with Gasteiger partial charge in [-0.2, -0.15) is 0 Å². The zero-order valence-electron chi connectivity index (χ0n) is 27.5. The van der Waals surface area contributed by atoms with E-state index >= 15 is 0 Å². The largest absolute Gasteiger partial charge is 0.508 e. The van der Waals surface area contributed by atoms with Crippen LogP contribution in [0.5, 0.6) is 23.0 Å². The molecule has 1 unspecified atom stereocenters. The van der Waals surface area contributed by atoms with Crippen molar-refractivity contribution in [3.63, 3.8) is 0 Å². The van der Waals surface area contributed by atoms with Crippen molar-refractivity contribution in [2.24, 2.45) is 0 Å². The van der Waals surface area contributed by atoms with Crippen molar-refractivity contribution in [2.45, 2.75) is 10.1 Å². The fourth-order valence-corrected chi connectivity index (χ4v) is 5.98. The first-order valence-corrected chi connectivity index (χ1v) is 16.3. The maximum atomic E-state index is 13.8. The first kappa shape index (κ1) is 35.1. The van der Waals surface area contributed by atoms with Crippen LogP contribution in [0, 0.1) is 0 Å². The van der Waals surface area contributed by atoms with Gasteiger partial charge in [0.15, 0.2) is 0 Å². The van der Waals surface area contributed by atoms with Crippen molar-refractivity contribution in [1.29, 1.82) is 0 Å². The van der Waals surface area contributed by atoms with Gasteiger partial charge >= 0.3 is 0 Å². The topological polar surface area (TPSA) is 135 Å². The number of benzene rings is 5. The van der Waals surface area contributed by atoms with E-state index in [4.69, 9.17) is 14.2 Å². The number of hydrogen-bond acceptors (Lipinski definition) is 8. The van der Waals surface area contributed by atoms with Gasteiger partial charge in [-0.05, 0) is 66.2 Å². The molecular weight excluding hydrogens is 655 g/mol. The number of aromatic hydroxyl groups is 1. The first-order chi connectivity index (χ1) is 24.3. The Morgan fingerprint density at radius 3 is 2.14 bits per heavy atom. The molecule has 0 saturated carbocycles. The number of anilines is 2. The molecule has 50 heavy (non-hydrogen) atoms. The number of nitrogens with one attached hydrogen (secondary N) is 3. The predicted octanol–water partition coefficient (Wildman–Crippen LogP) is 7.30. The SMILES string of the molecule is COc1ccc(NC(=O)C(Sc2cccc(NC(=O)/C(=C\c3ccc(O)cc3OC)NC(=O)c3ccccc3)c2)c2ccccc2)c(OC)c1. The molecule has 254 valence electrons. The van der Waals surface area contributed by atoms with Crippen LogP contribution in [0.15, 0.2) is 132 Å². The van der Waals surface area contributed by atoms with Gasteiger partial charge < -0.3 is 35.3 Å². The zero-order chi connectivity index (χ0) is 35.5. The van der Waals surface area contributed by atoms with Gasteiger partial charge in [-0.1, -0.05) is 54.6 Å². The number of phenolic OH excluding ortho intramolecular Hbond substituents is 1. The summed E-state index contributed by atoms with van der Waals surface area (Å²) in [6, 6.07) is 34.5. The fraction of sp³-hybridized carbons (Fsp3) is 0.103. The van der Waals surface area contributed by atoms with E-state index < -0.39 is 17.1 Å². The molecule has 10 nitrogen and oxygen atoms in total. The first-order valence-electron chi connectivity index (χ1n) is 15.4. The molecule has 0 saturated heterocycles. The van der Waals surface area contributed by atoms with E-state index in [1.807, 2.05) is 36.4 Å². The highest BCUT2D eigenvalue weighted by atomic mass is 32.2.